The van der Waals surface area contributed by atoms with Crippen molar-refractivity contribution in [3.05, 3.63) is 45.6 Å². The fourth-order valence-corrected chi connectivity index (χ4v) is 6.20. The molecule has 2 aromatic rings. The molecule has 0 radical (unpaired) electrons. The first-order valence-electron chi connectivity index (χ1n) is 8.74. The number of benzene rings is 1. The van der Waals surface area contributed by atoms with Gasteiger partial charge in [-0.3, -0.25) is 4.79 Å². The fraction of sp³-hybridized carbons (Fsp3) is 0.421. The molecule has 0 atom stereocenters. The minimum Gasteiger partial charge on any atom is -0.311 e. The van der Waals surface area contributed by atoms with Crippen molar-refractivity contribution in [1.82, 2.24) is 4.31 Å². The molecule has 1 aromatic heterocycles. The lowest BCUT2D eigenvalue weighted by atomic mass is 10.1. The number of sulfonamides is 1. The van der Waals surface area contributed by atoms with Crippen molar-refractivity contribution in [2.45, 2.75) is 38.0 Å². The lowest BCUT2D eigenvalue weighted by Crippen LogP contribution is -2.36. The van der Waals surface area contributed by atoms with Crippen LogP contribution in [-0.2, 0) is 10.0 Å². The number of carbonyl (C=O) groups excluding carboxylic acids is 1. The van der Waals surface area contributed by atoms with E-state index in [2.05, 4.69) is 0 Å². The molecule has 0 spiro atoms. The van der Waals surface area contributed by atoms with Crippen molar-refractivity contribution in [3.8, 4) is 0 Å². The topological polar surface area (TPSA) is 57.7 Å². The minimum absolute atomic E-state index is 0.130. The third kappa shape index (κ3) is 3.70. The van der Waals surface area contributed by atoms with Crippen LogP contribution in [0.2, 0.25) is 0 Å². The minimum atomic E-state index is -3.63. The molecule has 0 aliphatic carbocycles. The number of thiophene rings is 1. The van der Waals surface area contributed by atoms with Gasteiger partial charge in [-0.2, -0.15) is 4.31 Å². The van der Waals surface area contributed by atoms with Gasteiger partial charge in [0.1, 0.15) is 9.77 Å². The second-order valence-electron chi connectivity index (χ2n) is 6.79. The SMILES string of the molecule is Cc1cc(C)cc(N(C)C(=O)c2sccc2S(=O)(=O)N2CCCCC2)c1. The standard InChI is InChI=1S/C19H24N2O3S2/c1-14-11-15(2)13-16(12-14)20(3)19(22)18-17(7-10-25-18)26(23,24)21-8-5-4-6-9-21/h7,10-13H,4-6,8-9H2,1-3H3. The Bertz CT molecular complexity index is 892. The zero-order valence-electron chi connectivity index (χ0n) is 15.4. The van der Waals surface area contributed by atoms with Gasteiger partial charge >= 0.3 is 0 Å². The zero-order chi connectivity index (χ0) is 18.9. The van der Waals surface area contributed by atoms with E-state index in [4.69, 9.17) is 0 Å². The first kappa shape index (κ1) is 19.1. The Hall–Kier alpha value is -1.70. The van der Waals surface area contributed by atoms with E-state index in [1.54, 1.807) is 18.5 Å². The first-order valence-corrected chi connectivity index (χ1v) is 11.1. The lowest BCUT2D eigenvalue weighted by molar-refractivity contribution is 0.0994. The van der Waals surface area contributed by atoms with Crippen molar-refractivity contribution in [2.24, 2.45) is 0 Å². The van der Waals surface area contributed by atoms with Crippen molar-refractivity contribution in [3.63, 3.8) is 0 Å². The van der Waals surface area contributed by atoms with Gasteiger partial charge in [0.05, 0.1) is 0 Å². The molecule has 26 heavy (non-hydrogen) atoms. The average Bonchev–Trinajstić information content (AvgIpc) is 3.11. The molecule has 1 aliphatic rings. The summed E-state index contributed by atoms with van der Waals surface area (Å²) in [5.74, 6) is -0.291. The predicted octanol–water partition coefficient (Wildman–Crippen LogP) is 3.82. The molecule has 1 aromatic carbocycles. The average molecular weight is 393 g/mol. The van der Waals surface area contributed by atoms with E-state index in [-0.39, 0.29) is 15.7 Å². The number of carbonyl (C=O) groups is 1. The maximum atomic E-state index is 13.0. The van der Waals surface area contributed by atoms with Gasteiger partial charge in [-0.25, -0.2) is 8.42 Å². The van der Waals surface area contributed by atoms with Crippen LogP contribution in [0.4, 0.5) is 5.69 Å². The molecule has 1 fully saturated rings. The van der Waals surface area contributed by atoms with Crippen LogP contribution in [0.15, 0.2) is 34.5 Å². The van der Waals surface area contributed by atoms with E-state index in [9.17, 15) is 13.2 Å². The Morgan fingerprint density at radius 3 is 2.31 bits per heavy atom. The van der Waals surface area contributed by atoms with Crippen LogP contribution in [-0.4, -0.2) is 38.8 Å². The molecule has 3 rings (SSSR count). The highest BCUT2D eigenvalue weighted by atomic mass is 32.2. The molecule has 1 aliphatic heterocycles. The Balaban J connectivity index is 1.93. The Morgan fingerprint density at radius 1 is 1.08 bits per heavy atom. The zero-order valence-corrected chi connectivity index (χ0v) is 17.0. The van der Waals surface area contributed by atoms with E-state index in [1.165, 1.54) is 20.5 Å². The van der Waals surface area contributed by atoms with E-state index in [1.807, 2.05) is 32.0 Å². The molecule has 0 N–H and O–H groups in total. The summed E-state index contributed by atoms with van der Waals surface area (Å²) in [6, 6.07) is 7.45. The van der Waals surface area contributed by atoms with Gasteiger partial charge in [0, 0.05) is 25.8 Å². The normalized spacial score (nSPS) is 15.8. The number of hydrogen-bond donors (Lipinski definition) is 0. The van der Waals surface area contributed by atoms with Crippen molar-refractivity contribution >= 4 is 33.0 Å². The Morgan fingerprint density at radius 2 is 1.69 bits per heavy atom. The van der Waals surface area contributed by atoms with Crippen LogP contribution >= 0.6 is 11.3 Å². The summed E-state index contributed by atoms with van der Waals surface area (Å²) < 4.78 is 27.5. The molecule has 0 saturated carbocycles. The van der Waals surface area contributed by atoms with Gasteiger partial charge in [-0.15, -0.1) is 11.3 Å². The smallest absolute Gasteiger partial charge is 0.269 e. The molecule has 7 heteroatoms. The van der Waals surface area contributed by atoms with Crippen molar-refractivity contribution in [2.75, 3.05) is 25.0 Å². The van der Waals surface area contributed by atoms with Gasteiger partial charge in [0.25, 0.3) is 5.91 Å². The molecule has 2 heterocycles. The molecule has 1 amide bonds. The maximum Gasteiger partial charge on any atom is 0.269 e. The lowest BCUT2D eigenvalue weighted by Gasteiger charge is -2.26. The summed E-state index contributed by atoms with van der Waals surface area (Å²) in [5, 5.41) is 1.68. The van der Waals surface area contributed by atoms with Gasteiger partial charge in [-0.1, -0.05) is 12.5 Å². The number of piperidine rings is 1. The van der Waals surface area contributed by atoms with Gasteiger partial charge in [0.2, 0.25) is 10.0 Å². The number of anilines is 1. The number of nitrogens with zero attached hydrogens (tertiary/aromatic N) is 2. The van der Waals surface area contributed by atoms with E-state index >= 15 is 0 Å². The highest BCUT2D eigenvalue weighted by molar-refractivity contribution is 7.89. The fourth-order valence-electron chi connectivity index (χ4n) is 3.31. The third-order valence-corrected chi connectivity index (χ3v) is 7.63. The van der Waals surface area contributed by atoms with E-state index in [0.717, 1.165) is 36.1 Å². The number of aryl methyl sites for hydroxylation is 2. The molecule has 1 saturated heterocycles. The van der Waals surface area contributed by atoms with Crippen molar-refractivity contribution in [1.29, 1.82) is 0 Å². The molecule has 5 nitrogen and oxygen atoms in total. The largest absolute Gasteiger partial charge is 0.311 e. The number of hydrogen-bond acceptors (Lipinski definition) is 4. The van der Waals surface area contributed by atoms with Crippen LogP contribution in [0.1, 0.15) is 40.1 Å². The van der Waals surface area contributed by atoms with Crippen LogP contribution in [0.3, 0.4) is 0 Å². The van der Waals surface area contributed by atoms with Crippen LogP contribution < -0.4 is 4.90 Å². The molecule has 0 unspecified atom stereocenters. The molecule has 0 bridgehead atoms. The summed E-state index contributed by atoms with van der Waals surface area (Å²) in [7, 11) is -1.94. The third-order valence-electron chi connectivity index (χ3n) is 4.65. The summed E-state index contributed by atoms with van der Waals surface area (Å²) >= 11 is 1.18. The predicted molar refractivity (Wildman–Crippen MR) is 106 cm³/mol. The quantitative estimate of drug-likeness (QED) is 0.795. The summed E-state index contributed by atoms with van der Waals surface area (Å²) in [6.07, 6.45) is 2.79. The van der Waals surface area contributed by atoms with E-state index in [0.29, 0.717) is 13.1 Å². The molecular formula is C19H24N2O3S2. The van der Waals surface area contributed by atoms with Crippen LogP contribution in [0.25, 0.3) is 0 Å². The second-order valence-corrected chi connectivity index (χ2v) is 9.61. The highest BCUT2D eigenvalue weighted by Gasteiger charge is 2.32. The molecular weight excluding hydrogens is 368 g/mol. The maximum absolute atomic E-state index is 13.0. The van der Waals surface area contributed by atoms with Gasteiger partial charge < -0.3 is 4.90 Å². The molecule has 140 valence electrons. The highest BCUT2D eigenvalue weighted by Crippen LogP contribution is 2.29. The van der Waals surface area contributed by atoms with Gasteiger partial charge in [0.15, 0.2) is 0 Å². The van der Waals surface area contributed by atoms with Crippen molar-refractivity contribution < 1.29 is 13.2 Å². The number of rotatable bonds is 4. The first-order chi connectivity index (χ1) is 12.3. The number of amides is 1. The van der Waals surface area contributed by atoms with E-state index < -0.39 is 10.0 Å². The Labute approximate surface area is 159 Å². The van der Waals surface area contributed by atoms with Gasteiger partial charge in [-0.05, 0) is 61.4 Å². The summed E-state index contributed by atoms with van der Waals surface area (Å²) in [4.78, 5) is 15.0. The van der Waals surface area contributed by atoms with Crippen LogP contribution in [0, 0.1) is 13.8 Å². The summed E-state index contributed by atoms with van der Waals surface area (Å²) in [5.41, 5.74) is 2.89. The monoisotopic (exact) mass is 392 g/mol. The summed E-state index contributed by atoms with van der Waals surface area (Å²) in [6.45, 7) is 5.01. The van der Waals surface area contributed by atoms with Crippen LogP contribution in [0.5, 0.6) is 0 Å². The Kier molecular flexibility index (Phi) is 5.50. The second kappa shape index (κ2) is 7.50.